The molecule has 0 spiro atoms. The number of halogens is 1. The van der Waals surface area contributed by atoms with Gasteiger partial charge in [0, 0.05) is 31.2 Å². The van der Waals surface area contributed by atoms with Crippen LogP contribution in [0.5, 0.6) is 0 Å². The van der Waals surface area contributed by atoms with Gasteiger partial charge in [0.15, 0.2) is 0 Å². The Hall–Kier alpha value is -1.33. The van der Waals surface area contributed by atoms with Gasteiger partial charge >= 0.3 is 0 Å². The van der Waals surface area contributed by atoms with Gasteiger partial charge in [-0.2, -0.15) is 0 Å². The molecule has 3 rings (SSSR count). The lowest BCUT2D eigenvalue weighted by atomic mass is 9.97. The van der Waals surface area contributed by atoms with Crippen LogP contribution in [0, 0.1) is 5.92 Å². The normalized spacial score (nSPS) is 22.7. The molecule has 1 unspecified atom stereocenters. The summed E-state index contributed by atoms with van der Waals surface area (Å²) in [5.74, 6) is 1.44. The van der Waals surface area contributed by atoms with Crippen LogP contribution in [0.4, 0.5) is 5.82 Å². The summed E-state index contributed by atoms with van der Waals surface area (Å²) in [6, 6.07) is 6.22. The summed E-state index contributed by atoms with van der Waals surface area (Å²) >= 11 is 0. The van der Waals surface area contributed by atoms with E-state index in [-0.39, 0.29) is 30.3 Å². The van der Waals surface area contributed by atoms with Gasteiger partial charge in [-0.1, -0.05) is 6.07 Å². The molecule has 21 heavy (non-hydrogen) atoms. The third kappa shape index (κ3) is 4.08. The summed E-state index contributed by atoms with van der Waals surface area (Å²) in [6.45, 7) is 3.76. The molecule has 2 aliphatic rings. The van der Waals surface area contributed by atoms with Gasteiger partial charge in [0.2, 0.25) is 5.91 Å². The fourth-order valence-electron chi connectivity index (χ4n) is 3.03. The first-order chi connectivity index (χ1) is 9.83. The van der Waals surface area contributed by atoms with Crippen molar-refractivity contribution in [1.29, 1.82) is 0 Å². The van der Waals surface area contributed by atoms with Crippen LogP contribution in [-0.4, -0.2) is 43.1 Å². The van der Waals surface area contributed by atoms with Gasteiger partial charge in [0.1, 0.15) is 5.82 Å². The van der Waals surface area contributed by atoms with Crippen molar-refractivity contribution in [3.63, 3.8) is 0 Å². The van der Waals surface area contributed by atoms with Crippen molar-refractivity contribution in [3.8, 4) is 0 Å². The predicted octanol–water partition coefficient (Wildman–Crippen LogP) is 1.20. The minimum atomic E-state index is 0. The Bertz CT molecular complexity index is 450. The fourth-order valence-corrected chi connectivity index (χ4v) is 3.03. The number of nitrogens with zero attached hydrogens (tertiary/aromatic N) is 2. The fraction of sp³-hybridized carbons (Fsp3) is 0.600. The monoisotopic (exact) mass is 310 g/mol. The van der Waals surface area contributed by atoms with Gasteiger partial charge in [0.25, 0.3) is 0 Å². The molecule has 0 bridgehead atoms. The molecule has 116 valence electrons. The molecule has 3 heterocycles. The standard InChI is InChI=1S/C15H22N4O.ClH/c20-15(12-4-8-16-9-5-12)18-13-6-10-19(11-13)14-3-1-2-7-17-14;/h1-3,7,12-13,16H,4-6,8-11H2,(H,18,20);1H. The van der Waals surface area contributed by atoms with E-state index in [9.17, 15) is 4.79 Å². The Morgan fingerprint density at radius 3 is 2.81 bits per heavy atom. The number of anilines is 1. The van der Waals surface area contributed by atoms with E-state index in [2.05, 4.69) is 20.5 Å². The van der Waals surface area contributed by atoms with E-state index in [1.54, 1.807) is 0 Å². The quantitative estimate of drug-likeness (QED) is 0.881. The van der Waals surface area contributed by atoms with Crippen LogP contribution in [0.2, 0.25) is 0 Å². The van der Waals surface area contributed by atoms with Gasteiger partial charge in [-0.05, 0) is 44.5 Å². The maximum absolute atomic E-state index is 12.2. The van der Waals surface area contributed by atoms with E-state index in [0.29, 0.717) is 0 Å². The lowest BCUT2D eigenvalue weighted by molar-refractivity contribution is -0.126. The minimum absolute atomic E-state index is 0. The molecule has 5 nitrogen and oxygen atoms in total. The van der Waals surface area contributed by atoms with Crippen LogP contribution < -0.4 is 15.5 Å². The summed E-state index contributed by atoms with van der Waals surface area (Å²) in [7, 11) is 0. The zero-order valence-electron chi connectivity index (χ0n) is 12.1. The predicted molar refractivity (Wildman–Crippen MR) is 85.8 cm³/mol. The third-order valence-corrected chi connectivity index (χ3v) is 4.22. The van der Waals surface area contributed by atoms with Gasteiger partial charge in [-0.3, -0.25) is 4.79 Å². The Morgan fingerprint density at radius 2 is 2.10 bits per heavy atom. The first-order valence-corrected chi connectivity index (χ1v) is 7.50. The zero-order chi connectivity index (χ0) is 13.8. The van der Waals surface area contributed by atoms with Crippen LogP contribution in [0.3, 0.4) is 0 Å². The number of carbonyl (C=O) groups is 1. The van der Waals surface area contributed by atoms with Crippen LogP contribution in [-0.2, 0) is 4.79 Å². The third-order valence-electron chi connectivity index (χ3n) is 4.22. The van der Waals surface area contributed by atoms with Crippen molar-refractivity contribution in [2.24, 2.45) is 5.92 Å². The number of hydrogen-bond acceptors (Lipinski definition) is 4. The van der Waals surface area contributed by atoms with E-state index < -0.39 is 0 Å². The molecule has 0 aromatic carbocycles. The Balaban J connectivity index is 0.00000161. The van der Waals surface area contributed by atoms with E-state index >= 15 is 0 Å². The molecule has 0 saturated carbocycles. The van der Waals surface area contributed by atoms with E-state index in [1.165, 1.54) is 0 Å². The second kappa shape index (κ2) is 7.61. The van der Waals surface area contributed by atoms with E-state index in [1.807, 2.05) is 24.4 Å². The van der Waals surface area contributed by atoms with Gasteiger partial charge in [0.05, 0.1) is 0 Å². The number of aromatic nitrogens is 1. The molecule has 2 fully saturated rings. The highest BCUT2D eigenvalue weighted by molar-refractivity contribution is 5.85. The van der Waals surface area contributed by atoms with Crippen LogP contribution in [0.25, 0.3) is 0 Å². The molecule has 0 radical (unpaired) electrons. The van der Waals surface area contributed by atoms with Gasteiger partial charge < -0.3 is 15.5 Å². The highest BCUT2D eigenvalue weighted by Crippen LogP contribution is 2.18. The van der Waals surface area contributed by atoms with Crippen molar-refractivity contribution in [2.75, 3.05) is 31.1 Å². The lowest BCUT2D eigenvalue weighted by Crippen LogP contribution is -2.43. The highest BCUT2D eigenvalue weighted by Gasteiger charge is 2.28. The average Bonchev–Trinajstić information content (AvgIpc) is 2.97. The molecule has 1 atom stereocenters. The molecule has 1 aromatic rings. The van der Waals surface area contributed by atoms with E-state index in [4.69, 9.17) is 0 Å². The topological polar surface area (TPSA) is 57.3 Å². The van der Waals surface area contributed by atoms with Crippen molar-refractivity contribution in [3.05, 3.63) is 24.4 Å². The van der Waals surface area contributed by atoms with Crippen molar-refractivity contribution in [1.82, 2.24) is 15.6 Å². The molecular weight excluding hydrogens is 288 g/mol. The summed E-state index contributed by atoms with van der Waals surface area (Å²) < 4.78 is 0. The van der Waals surface area contributed by atoms with Crippen molar-refractivity contribution >= 4 is 24.1 Å². The average molecular weight is 311 g/mol. The second-order valence-electron chi connectivity index (χ2n) is 5.65. The number of nitrogens with one attached hydrogen (secondary N) is 2. The molecule has 0 aliphatic carbocycles. The first kappa shape index (κ1) is 16.0. The summed E-state index contributed by atoms with van der Waals surface area (Å²) in [5, 5.41) is 6.51. The zero-order valence-corrected chi connectivity index (χ0v) is 12.9. The Morgan fingerprint density at radius 1 is 1.29 bits per heavy atom. The van der Waals surface area contributed by atoms with Crippen LogP contribution in [0.1, 0.15) is 19.3 Å². The molecule has 1 amide bonds. The minimum Gasteiger partial charge on any atom is -0.354 e. The number of hydrogen-bond donors (Lipinski definition) is 2. The molecule has 2 aliphatic heterocycles. The number of rotatable bonds is 3. The molecule has 6 heteroatoms. The van der Waals surface area contributed by atoms with Gasteiger partial charge in [-0.25, -0.2) is 4.98 Å². The smallest absolute Gasteiger partial charge is 0.223 e. The summed E-state index contributed by atoms with van der Waals surface area (Å²) in [5.41, 5.74) is 0. The van der Waals surface area contributed by atoms with Crippen LogP contribution >= 0.6 is 12.4 Å². The SMILES string of the molecule is Cl.O=C(NC1CCN(c2ccccn2)C1)C1CCNCC1. The molecule has 2 saturated heterocycles. The molecular formula is C15H23ClN4O. The lowest BCUT2D eigenvalue weighted by Gasteiger charge is -2.24. The number of amides is 1. The van der Waals surface area contributed by atoms with Crippen molar-refractivity contribution < 1.29 is 4.79 Å². The van der Waals surface area contributed by atoms with Crippen molar-refractivity contribution in [2.45, 2.75) is 25.3 Å². The highest BCUT2D eigenvalue weighted by atomic mass is 35.5. The maximum Gasteiger partial charge on any atom is 0.223 e. The van der Waals surface area contributed by atoms with Gasteiger partial charge in [-0.15, -0.1) is 12.4 Å². The summed E-state index contributed by atoms with van der Waals surface area (Å²) in [4.78, 5) is 18.8. The molecule has 2 N–H and O–H groups in total. The van der Waals surface area contributed by atoms with Crippen LogP contribution in [0.15, 0.2) is 24.4 Å². The molecule has 1 aromatic heterocycles. The largest absolute Gasteiger partial charge is 0.354 e. The Labute approximate surface area is 131 Å². The summed E-state index contributed by atoms with van der Waals surface area (Å²) in [6.07, 6.45) is 4.74. The van der Waals surface area contributed by atoms with E-state index in [0.717, 1.165) is 51.3 Å². The number of piperidine rings is 1. The first-order valence-electron chi connectivity index (χ1n) is 7.50. The number of carbonyl (C=O) groups excluding carboxylic acids is 1. The Kier molecular flexibility index (Phi) is 5.82. The maximum atomic E-state index is 12.2. The number of pyridine rings is 1. The second-order valence-corrected chi connectivity index (χ2v) is 5.65.